The number of Topliss-reactive ketones (excluding diaryl/α,β-unsaturated/α-hetero) is 1. The lowest BCUT2D eigenvalue weighted by Crippen LogP contribution is -2.35. The number of ether oxygens (including phenoxy) is 2. The molecule has 2 atom stereocenters. The molecule has 1 aliphatic heterocycles. The van der Waals surface area contributed by atoms with Gasteiger partial charge in [0.1, 0.15) is 34.8 Å². The number of carbonyl (C=O) groups is 1. The van der Waals surface area contributed by atoms with Crippen molar-refractivity contribution in [3.63, 3.8) is 0 Å². The molecule has 3 heterocycles. The van der Waals surface area contributed by atoms with E-state index in [-0.39, 0.29) is 18.6 Å². The lowest BCUT2D eigenvalue weighted by Gasteiger charge is -2.25. The Bertz CT molecular complexity index is 1640. The molecule has 0 aliphatic carbocycles. The van der Waals surface area contributed by atoms with Gasteiger partial charge in [-0.3, -0.25) is 4.79 Å². The van der Waals surface area contributed by atoms with Crippen molar-refractivity contribution in [2.24, 2.45) is 5.73 Å². The minimum absolute atomic E-state index is 0.0753. The molecule has 0 saturated carbocycles. The fourth-order valence-corrected chi connectivity index (χ4v) is 5.08. The highest BCUT2D eigenvalue weighted by Gasteiger charge is 2.38. The van der Waals surface area contributed by atoms with Crippen LogP contribution in [0.3, 0.4) is 0 Å². The summed E-state index contributed by atoms with van der Waals surface area (Å²) in [6.45, 7) is 9.22. The highest BCUT2D eigenvalue weighted by Crippen LogP contribution is 2.44. The maximum Gasteiger partial charge on any atom is 0.163 e. The van der Waals surface area contributed by atoms with Crippen LogP contribution < -0.4 is 15.2 Å². The maximum absolute atomic E-state index is 13.4. The quantitative estimate of drug-likeness (QED) is 0.251. The number of pyridine rings is 2. The second-order valence-electron chi connectivity index (χ2n) is 12.0. The maximum atomic E-state index is 13.4. The van der Waals surface area contributed by atoms with E-state index in [0.717, 1.165) is 22.1 Å². The molecule has 0 bridgehead atoms. The number of rotatable bonds is 8. The topological polar surface area (TPSA) is 128 Å². The molecule has 2 aromatic heterocycles. The van der Waals surface area contributed by atoms with Gasteiger partial charge in [0.25, 0.3) is 0 Å². The number of methoxy groups -OCH3 is 1. The standard InChI is InChI=1S/C33H37N3O5/c1-19-7-9-20(10-8-19)29-30-23(32(4,34)18-41-30)17-27(36-29)33(5,39)14-13-24(37)22-15-21-11-12-26(31(2,3)38)35-28(21)25(16-22)40-6/h7-12,15-17,38-39H,13-14,18,34H2,1-6H3. The summed E-state index contributed by atoms with van der Waals surface area (Å²) in [4.78, 5) is 22.8. The molecule has 1 aliphatic rings. The number of fused-ring (bicyclic) bond motifs is 2. The van der Waals surface area contributed by atoms with Crippen molar-refractivity contribution in [3.8, 4) is 22.8 Å². The molecule has 8 nitrogen and oxygen atoms in total. The van der Waals surface area contributed by atoms with Gasteiger partial charge in [0.2, 0.25) is 0 Å². The molecule has 4 N–H and O–H groups in total. The van der Waals surface area contributed by atoms with Gasteiger partial charge in [0, 0.05) is 28.5 Å². The van der Waals surface area contributed by atoms with E-state index in [2.05, 4.69) is 4.98 Å². The summed E-state index contributed by atoms with van der Waals surface area (Å²) in [5, 5.41) is 22.7. The van der Waals surface area contributed by atoms with E-state index in [0.29, 0.717) is 46.3 Å². The fourth-order valence-electron chi connectivity index (χ4n) is 5.08. The van der Waals surface area contributed by atoms with Crippen molar-refractivity contribution in [3.05, 3.63) is 82.7 Å². The van der Waals surface area contributed by atoms with E-state index in [4.69, 9.17) is 20.2 Å². The Morgan fingerprint density at radius 2 is 1.76 bits per heavy atom. The Kier molecular flexibility index (Phi) is 7.14. The van der Waals surface area contributed by atoms with Crippen molar-refractivity contribution in [1.82, 2.24) is 9.97 Å². The summed E-state index contributed by atoms with van der Waals surface area (Å²) in [5.74, 6) is 0.914. The monoisotopic (exact) mass is 555 g/mol. The van der Waals surface area contributed by atoms with E-state index in [1.165, 1.54) is 7.11 Å². The third-order valence-electron chi connectivity index (χ3n) is 7.75. The number of nitrogens with two attached hydrogens (primary N) is 1. The molecule has 0 fully saturated rings. The average molecular weight is 556 g/mol. The van der Waals surface area contributed by atoms with Gasteiger partial charge in [-0.25, -0.2) is 9.97 Å². The van der Waals surface area contributed by atoms with E-state index < -0.39 is 16.7 Å². The van der Waals surface area contributed by atoms with E-state index in [9.17, 15) is 15.0 Å². The summed E-state index contributed by atoms with van der Waals surface area (Å²) >= 11 is 0. The van der Waals surface area contributed by atoms with Crippen molar-refractivity contribution < 1.29 is 24.5 Å². The van der Waals surface area contributed by atoms with Gasteiger partial charge < -0.3 is 25.4 Å². The van der Waals surface area contributed by atoms with Crippen LogP contribution in [0.5, 0.6) is 11.5 Å². The number of ketones is 1. The highest BCUT2D eigenvalue weighted by atomic mass is 16.5. The predicted molar refractivity (Wildman–Crippen MR) is 158 cm³/mol. The molecule has 0 saturated heterocycles. The molecule has 0 radical (unpaired) electrons. The fraction of sp³-hybridized carbons (Fsp3) is 0.364. The Morgan fingerprint density at radius 1 is 1.05 bits per heavy atom. The molecule has 2 unspecified atom stereocenters. The highest BCUT2D eigenvalue weighted by molar-refractivity contribution is 6.01. The van der Waals surface area contributed by atoms with Crippen molar-refractivity contribution in [2.75, 3.05) is 13.7 Å². The van der Waals surface area contributed by atoms with Crippen LogP contribution in [-0.2, 0) is 16.7 Å². The van der Waals surface area contributed by atoms with Gasteiger partial charge in [-0.05, 0) is 65.3 Å². The first-order valence-electron chi connectivity index (χ1n) is 13.7. The molecule has 0 amide bonds. The summed E-state index contributed by atoms with van der Waals surface area (Å²) < 4.78 is 11.5. The summed E-state index contributed by atoms with van der Waals surface area (Å²) in [5.41, 5.74) is 8.63. The van der Waals surface area contributed by atoms with E-state index in [1.54, 1.807) is 45.0 Å². The van der Waals surface area contributed by atoms with Crippen LogP contribution in [-0.4, -0.2) is 39.7 Å². The summed E-state index contributed by atoms with van der Waals surface area (Å²) in [7, 11) is 1.52. The Labute approximate surface area is 240 Å². The molecule has 2 aromatic carbocycles. The SMILES string of the molecule is COc1cc(C(=O)CCC(C)(O)c2cc3c(c(-c4ccc(C)cc4)n2)OCC3(C)N)cc2ccc(C(C)(C)O)nc12. The van der Waals surface area contributed by atoms with Crippen LogP contribution >= 0.6 is 0 Å². The Hall–Kier alpha value is -3.85. The second kappa shape index (κ2) is 10.2. The number of carbonyl (C=O) groups excluding carboxylic acids is 1. The van der Waals surface area contributed by atoms with Crippen LogP contribution in [0, 0.1) is 6.92 Å². The number of benzene rings is 2. The second-order valence-corrected chi connectivity index (χ2v) is 12.0. The molecule has 41 heavy (non-hydrogen) atoms. The van der Waals surface area contributed by atoms with Crippen molar-refractivity contribution in [2.45, 2.75) is 64.2 Å². The zero-order valence-corrected chi connectivity index (χ0v) is 24.4. The largest absolute Gasteiger partial charge is 0.494 e. The van der Waals surface area contributed by atoms with Crippen LogP contribution in [0.15, 0.2) is 54.6 Å². The number of hydrogen-bond donors (Lipinski definition) is 3. The first kappa shape index (κ1) is 28.7. The average Bonchev–Trinajstić information content (AvgIpc) is 3.24. The molecular formula is C33H37N3O5. The lowest BCUT2D eigenvalue weighted by atomic mass is 9.87. The molecule has 5 rings (SSSR count). The van der Waals surface area contributed by atoms with Crippen LogP contribution in [0.2, 0.25) is 0 Å². The zero-order valence-electron chi connectivity index (χ0n) is 24.4. The van der Waals surface area contributed by atoms with E-state index >= 15 is 0 Å². The Balaban J connectivity index is 1.45. The molecule has 214 valence electrons. The predicted octanol–water partition coefficient (Wildman–Crippen LogP) is 5.28. The van der Waals surface area contributed by atoms with Crippen molar-refractivity contribution in [1.29, 1.82) is 0 Å². The van der Waals surface area contributed by atoms with Gasteiger partial charge in [0.15, 0.2) is 11.5 Å². The molecule has 4 aromatic rings. The van der Waals surface area contributed by atoms with Gasteiger partial charge in [-0.15, -0.1) is 0 Å². The van der Waals surface area contributed by atoms with Crippen LogP contribution in [0.1, 0.15) is 73.4 Å². The normalized spacial score (nSPS) is 18.1. The zero-order chi connectivity index (χ0) is 29.7. The van der Waals surface area contributed by atoms with E-state index in [1.807, 2.05) is 44.2 Å². The first-order chi connectivity index (χ1) is 19.2. The number of nitrogens with zero attached hydrogens (tertiary/aromatic N) is 2. The number of aliphatic hydroxyl groups is 2. The number of hydrogen-bond acceptors (Lipinski definition) is 8. The minimum Gasteiger partial charge on any atom is -0.494 e. The minimum atomic E-state index is -1.41. The number of aromatic nitrogens is 2. The Morgan fingerprint density at radius 3 is 2.41 bits per heavy atom. The van der Waals surface area contributed by atoms with Crippen LogP contribution in [0.4, 0.5) is 0 Å². The molecular weight excluding hydrogens is 518 g/mol. The molecule has 8 heteroatoms. The smallest absolute Gasteiger partial charge is 0.163 e. The van der Waals surface area contributed by atoms with Gasteiger partial charge in [-0.1, -0.05) is 35.9 Å². The van der Waals surface area contributed by atoms with Crippen molar-refractivity contribution >= 4 is 16.7 Å². The first-order valence-corrected chi connectivity index (χ1v) is 13.7. The number of aryl methyl sites for hydroxylation is 1. The van der Waals surface area contributed by atoms with Gasteiger partial charge >= 0.3 is 0 Å². The summed E-state index contributed by atoms with van der Waals surface area (Å²) in [6, 6.07) is 16.7. The third-order valence-corrected chi connectivity index (χ3v) is 7.75. The van der Waals surface area contributed by atoms with Gasteiger partial charge in [0.05, 0.1) is 24.0 Å². The lowest BCUT2D eigenvalue weighted by molar-refractivity contribution is 0.0396. The van der Waals surface area contributed by atoms with Crippen LogP contribution in [0.25, 0.3) is 22.2 Å². The summed E-state index contributed by atoms with van der Waals surface area (Å²) in [6.07, 6.45) is 0.217. The van der Waals surface area contributed by atoms with Gasteiger partial charge in [-0.2, -0.15) is 0 Å². The molecule has 0 spiro atoms. The third kappa shape index (κ3) is 5.55.